The molecule has 2 fully saturated rings. The zero-order valence-electron chi connectivity index (χ0n) is 14.2. The van der Waals surface area contributed by atoms with Crippen molar-refractivity contribution in [3.8, 4) is 0 Å². The van der Waals surface area contributed by atoms with Gasteiger partial charge in [0.1, 0.15) is 6.61 Å². The number of carbonyl (C=O) groups is 1. The Morgan fingerprint density at radius 1 is 1.36 bits per heavy atom. The van der Waals surface area contributed by atoms with Crippen LogP contribution in [0.15, 0.2) is 34.9 Å². The third-order valence-electron chi connectivity index (χ3n) is 4.75. The van der Waals surface area contributed by atoms with Gasteiger partial charge in [-0.15, -0.1) is 0 Å². The molecule has 0 spiro atoms. The van der Waals surface area contributed by atoms with Gasteiger partial charge in [0.05, 0.1) is 6.10 Å². The van der Waals surface area contributed by atoms with Crippen molar-refractivity contribution in [3.63, 3.8) is 0 Å². The second kappa shape index (κ2) is 6.57. The number of benzene rings is 1. The lowest BCUT2D eigenvalue weighted by atomic mass is 9.88. The van der Waals surface area contributed by atoms with Crippen LogP contribution in [0.1, 0.15) is 30.1 Å². The standard InChI is InChI=1S/C18H21N3O4/c1-13-19-16(25-20-13)12-23-15-10-21(11-15)17(22)18(8-5-9-24-18)14-6-3-2-4-7-14/h2-4,6-7,15H,5,8-12H2,1H3. The molecule has 7 nitrogen and oxygen atoms in total. The van der Waals surface area contributed by atoms with Crippen LogP contribution < -0.4 is 0 Å². The van der Waals surface area contributed by atoms with Crippen molar-refractivity contribution in [1.82, 2.24) is 15.0 Å². The Morgan fingerprint density at radius 3 is 2.80 bits per heavy atom. The first-order chi connectivity index (χ1) is 12.2. The zero-order valence-corrected chi connectivity index (χ0v) is 14.2. The molecule has 1 aromatic heterocycles. The molecule has 0 radical (unpaired) electrons. The number of rotatable bonds is 5. The summed E-state index contributed by atoms with van der Waals surface area (Å²) in [5.41, 5.74) is 0.0961. The lowest BCUT2D eigenvalue weighted by Crippen LogP contribution is -2.59. The van der Waals surface area contributed by atoms with Crippen LogP contribution in [-0.4, -0.2) is 46.7 Å². The zero-order chi connectivity index (χ0) is 17.3. The molecule has 7 heteroatoms. The molecule has 2 aliphatic heterocycles. The minimum Gasteiger partial charge on any atom is -0.365 e. The minimum absolute atomic E-state index is 0.00891. The molecule has 132 valence electrons. The average molecular weight is 343 g/mol. The van der Waals surface area contributed by atoms with E-state index in [9.17, 15) is 4.79 Å². The monoisotopic (exact) mass is 343 g/mol. The topological polar surface area (TPSA) is 77.7 Å². The van der Waals surface area contributed by atoms with E-state index < -0.39 is 5.60 Å². The molecular weight excluding hydrogens is 322 g/mol. The maximum atomic E-state index is 13.1. The van der Waals surface area contributed by atoms with Gasteiger partial charge in [0.2, 0.25) is 0 Å². The van der Waals surface area contributed by atoms with E-state index in [2.05, 4.69) is 10.1 Å². The third kappa shape index (κ3) is 3.05. The summed E-state index contributed by atoms with van der Waals surface area (Å²) < 4.78 is 16.7. The Labute approximate surface area is 145 Å². The smallest absolute Gasteiger partial charge is 0.259 e. The first-order valence-corrected chi connectivity index (χ1v) is 8.57. The van der Waals surface area contributed by atoms with Crippen LogP contribution in [0.5, 0.6) is 0 Å². The highest BCUT2D eigenvalue weighted by atomic mass is 16.5. The molecule has 25 heavy (non-hydrogen) atoms. The molecule has 2 aliphatic rings. The van der Waals surface area contributed by atoms with E-state index in [0.29, 0.717) is 31.4 Å². The molecule has 0 bridgehead atoms. The fourth-order valence-electron chi connectivity index (χ4n) is 3.42. The highest BCUT2D eigenvalue weighted by molar-refractivity contribution is 5.87. The van der Waals surface area contributed by atoms with Crippen molar-refractivity contribution >= 4 is 5.91 Å². The van der Waals surface area contributed by atoms with Crippen molar-refractivity contribution in [1.29, 1.82) is 0 Å². The SMILES string of the molecule is Cc1noc(COC2CN(C(=O)C3(c4ccccc4)CCCO3)C2)n1. The molecule has 1 atom stereocenters. The van der Waals surface area contributed by atoms with Gasteiger partial charge in [-0.25, -0.2) is 0 Å². The van der Waals surface area contributed by atoms with Gasteiger partial charge in [-0.2, -0.15) is 4.98 Å². The van der Waals surface area contributed by atoms with E-state index in [-0.39, 0.29) is 18.6 Å². The number of ether oxygens (including phenoxy) is 2. The number of nitrogens with zero attached hydrogens (tertiary/aromatic N) is 3. The number of aromatic nitrogens is 2. The normalized spacial score (nSPS) is 23.6. The van der Waals surface area contributed by atoms with Gasteiger partial charge in [0.15, 0.2) is 11.4 Å². The van der Waals surface area contributed by atoms with Crippen LogP contribution in [0.2, 0.25) is 0 Å². The van der Waals surface area contributed by atoms with Gasteiger partial charge < -0.3 is 18.9 Å². The fourth-order valence-corrected chi connectivity index (χ4v) is 3.42. The number of aryl methyl sites for hydroxylation is 1. The molecule has 0 saturated carbocycles. The minimum atomic E-state index is -0.837. The van der Waals surface area contributed by atoms with Gasteiger partial charge in [0, 0.05) is 19.7 Å². The van der Waals surface area contributed by atoms with Crippen molar-refractivity contribution in [2.45, 2.75) is 38.1 Å². The molecule has 1 amide bonds. The Morgan fingerprint density at radius 2 is 2.16 bits per heavy atom. The summed E-state index contributed by atoms with van der Waals surface area (Å²) >= 11 is 0. The number of carbonyl (C=O) groups excluding carboxylic acids is 1. The summed E-state index contributed by atoms with van der Waals surface area (Å²) in [5, 5.41) is 3.73. The lowest BCUT2D eigenvalue weighted by molar-refractivity contribution is -0.168. The van der Waals surface area contributed by atoms with E-state index in [1.54, 1.807) is 6.92 Å². The molecule has 2 aromatic rings. The van der Waals surface area contributed by atoms with Crippen LogP contribution in [0, 0.1) is 6.92 Å². The molecule has 1 unspecified atom stereocenters. The predicted molar refractivity (Wildman–Crippen MR) is 87.5 cm³/mol. The van der Waals surface area contributed by atoms with Crippen molar-refractivity contribution in [3.05, 3.63) is 47.6 Å². The summed E-state index contributed by atoms with van der Waals surface area (Å²) in [7, 11) is 0. The molecule has 3 heterocycles. The van der Waals surface area contributed by atoms with Crippen molar-refractivity contribution in [2.24, 2.45) is 0 Å². The predicted octanol–water partition coefficient (Wildman–Crippen LogP) is 1.81. The van der Waals surface area contributed by atoms with E-state index in [4.69, 9.17) is 14.0 Å². The summed E-state index contributed by atoms with van der Waals surface area (Å²) in [5.74, 6) is 1.08. The van der Waals surface area contributed by atoms with Crippen molar-refractivity contribution < 1.29 is 18.8 Å². The summed E-state index contributed by atoms with van der Waals surface area (Å²) in [6.07, 6.45) is 1.61. The fraction of sp³-hybridized carbons (Fsp3) is 0.500. The molecular formula is C18H21N3O4. The number of amides is 1. The Kier molecular flexibility index (Phi) is 4.27. The summed E-state index contributed by atoms with van der Waals surface area (Å²) in [6, 6.07) is 9.77. The van der Waals surface area contributed by atoms with Gasteiger partial charge in [-0.05, 0) is 25.3 Å². The molecule has 2 saturated heterocycles. The summed E-state index contributed by atoms with van der Waals surface area (Å²) in [6.45, 7) is 3.77. The molecule has 0 aliphatic carbocycles. The van der Waals surface area contributed by atoms with Crippen molar-refractivity contribution in [2.75, 3.05) is 19.7 Å². The maximum Gasteiger partial charge on any atom is 0.259 e. The van der Waals surface area contributed by atoms with Crippen LogP contribution in [0.25, 0.3) is 0 Å². The molecule has 1 aromatic carbocycles. The third-order valence-corrected chi connectivity index (χ3v) is 4.75. The van der Waals surface area contributed by atoms with Gasteiger partial charge in [0.25, 0.3) is 11.8 Å². The van der Waals surface area contributed by atoms with Crippen LogP contribution in [0.3, 0.4) is 0 Å². The number of hydrogen-bond acceptors (Lipinski definition) is 6. The quantitative estimate of drug-likeness (QED) is 0.824. The maximum absolute atomic E-state index is 13.1. The van der Waals surface area contributed by atoms with Gasteiger partial charge in [-0.3, -0.25) is 4.79 Å². The van der Waals surface area contributed by atoms with Gasteiger partial charge >= 0.3 is 0 Å². The Bertz CT molecular complexity index is 734. The first kappa shape index (κ1) is 16.2. The van der Waals surface area contributed by atoms with Crippen LogP contribution in [0.4, 0.5) is 0 Å². The number of hydrogen-bond donors (Lipinski definition) is 0. The second-order valence-electron chi connectivity index (χ2n) is 6.52. The van der Waals surface area contributed by atoms with Crippen LogP contribution >= 0.6 is 0 Å². The Hall–Kier alpha value is -2.25. The largest absolute Gasteiger partial charge is 0.365 e. The lowest BCUT2D eigenvalue weighted by Gasteiger charge is -2.43. The van der Waals surface area contributed by atoms with Crippen LogP contribution in [-0.2, 0) is 26.5 Å². The second-order valence-corrected chi connectivity index (χ2v) is 6.52. The molecule has 0 N–H and O–H groups in total. The highest BCUT2D eigenvalue weighted by Crippen LogP contribution is 2.39. The van der Waals surface area contributed by atoms with E-state index in [1.165, 1.54) is 0 Å². The Balaban J connectivity index is 1.37. The van der Waals surface area contributed by atoms with E-state index in [0.717, 1.165) is 18.4 Å². The first-order valence-electron chi connectivity index (χ1n) is 8.57. The average Bonchev–Trinajstić information content (AvgIpc) is 3.24. The molecule has 4 rings (SSSR count). The van der Waals surface area contributed by atoms with E-state index >= 15 is 0 Å². The summed E-state index contributed by atoms with van der Waals surface area (Å²) in [4.78, 5) is 19.0. The highest BCUT2D eigenvalue weighted by Gasteiger charge is 2.49. The van der Waals surface area contributed by atoms with E-state index in [1.807, 2.05) is 35.2 Å². The van der Waals surface area contributed by atoms with Gasteiger partial charge in [-0.1, -0.05) is 35.5 Å². The number of likely N-dealkylation sites (tertiary alicyclic amines) is 1.